The fraction of sp³-hybridized carbons (Fsp3) is 0.455. The molecule has 1 aliphatic rings. The van der Waals surface area contributed by atoms with Gasteiger partial charge in [-0.05, 0) is 31.0 Å². The van der Waals surface area contributed by atoms with Crippen LogP contribution in [0.5, 0.6) is 0 Å². The highest BCUT2D eigenvalue weighted by atomic mass is 16.3. The molecule has 0 aromatic heterocycles. The van der Waals surface area contributed by atoms with E-state index in [4.69, 9.17) is 0 Å². The molecule has 1 aliphatic heterocycles. The van der Waals surface area contributed by atoms with Crippen molar-refractivity contribution in [2.75, 3.05) is 7.05 Å². The van der Waals surface area contributed by atoms with E-state index in [1.165, 1.54) is 11.1 Å². The summed E-state index contributed by atoms with van der Waals surface area (Å²) in [5, 5.41) is 11.5. The third kappa shape index (κ3) is 3.13. The molecule has 1 N–H and O–H groups in total. The molecule has 0 unspecified atom stereocenters. The van der Waals surface area contributed by atoms with Crippen LogP contribution in [0, 0.1) is 5.92 Å². The van der Waals surface area contributed by atoms with Crippen molar-refractivity contribution in [3.63, 3.8) is 0 Å². The second-order valence-corrected chi connectivity index (χ2v) is 7.29. The van der Waals surface area contributed by atoms with Crippen LogP contribution in [0.1, 0.15) is 56.3 Å². The zero-order valence-electron chi connectivity index (χ0n) is 15.0. The number of likely N-dealkylation sites (tertiary alicyclic amines) is 1. The highest BCUT2D eigenvalue weighted by molar-refractivity contribution is 5.26. The Morgan fingerprint density at radius 1 is 1.00 bits per heavy atom. The Hall–Kier alpha value is -1.64. The minimum Gasteiger partial charge on any atom is -0.389 e. The average Bonchev–Trinajstić information content (AvgIpc) is 2.61. The molecule has 0 saturated carbocycles. The lowest BCUT2D eigenvalue weighted by atomic mass is 9.69. The SMILES string of the molecule is CCC[C@]1(O)C[C@@H](c2ccccc2)N(C)[C@H](c2ccccc2)[C@@H]1C. The fourth-order valence-corrected chi connectivity index (χ4v) is 4.47. The third-order valence-corrected chi connectivity index (χ3v) is 5.81. The molecule has 2 nitrogen and oxygen atoms in total. The van der Waals surface area contributed by atoms with Crippen molar-refractivity contribution >= 4 is 0 Å². The van der Waals surface area contributed by atoms with E-state index in [0.29, 0.717) is 0 Å². The van der Waals surface area contributed by atoms with Gasteiger partial charge >= 0.3 is 0 Å². The van der Waals surface area contributed by atoms with E-state index in [-0.39, 0.29) is 18.0 Å². The summed E-state index contributed by atoms with van der Waals surface area (Å²) < 4.78 is 0. The van der Waals surface area contributed by atoms with Crippen LogP contribution in [0.3, 0.4) is 0 Å². The van der Waals surface area contributed by atoms with Crippen molar-refractivity contribution in [1.82, 2.24) is 4.90 Å². The van der Waals surface area contributed by atoms with Crippen LogP contribution < -0.4 is 0 Å². The van der Waals surface area contributed by atoms with Gasteiger partial charge in [-0.15, -0.1) is 0 Å². The fourth-order valence-electron chi connectivity index (χ4n) is 4.47. The van der Waals surface area contributed by atoms with E-state index in [0.717, 1.165) is 19.3 Å². The van der Waals surface area contributed by atoms with Gasteiger partial charge in [-0.1, -0.05) is 80.9 Å². The van der Waals surface area contributed by atoms with E-state index >= 15 is 0 Å². The van der Waals surface area contributed by atoms with Crippen molar-refractivity contribution in [1.29, 1.82) is 0 Å². The maximum absolute atomic E-state index is 11.5. The zero-order valence-corrected chi connectivity index (χ0v) is 15.0. The summed E-state index contributed by atoms with van der Waals surface area (Å²) >= 11 is 0. The molecule has 2 heteroatoms. The second-order valence-electron chi connectivity index (χ2n) is 7.29. The molecule has 0 radical (unpaired) electrons. The van der Waals surface area contributed by atoms with Crippen LogP contribution in [-0.2, 0) is 0 Å². The van der Waals surface area contributed by atoms with Crippen LogP contribution in [0.25, 0.3) is 0 Å². The van der Waals surface area contributed by atoms with Crippen molar-refractivity contribution in [2.45, 2.75) is 50.8 Å². The molecule has 0 amide bonds. The summed E-state index contributed by atoms with van der Waals surface area (Å²) in [7, 11) is 2.21. The Bertz CT molecular complexity index is 642. The summed E-state index contributed by atoms with van der Waals surface area (Å²) in [6.45, 7) is 4.38. The summed E-state index contributed by atoms with van der Waals surface area (Å²) in [6.07, 6.45) is 2.66. The Morgan fingerprint density at radius 2 is 1.54 bits per heavy atom. The molecular formula is C22H29NO. The quantitative estimate of drug-likeness (QED) is 0.858. The molecule has 0 bridgehead atoms. The first-order valence-corrected chi connectivity index (χ1v) is 9.11. The lowest BCUT2D eigenvalue weighted by Gasteiger charge is -2.52. The Kier molecular flexibility index (Phi) is 5.07. The van der Waals surface area contributed by atoms with Gasteiger partial charge in [0.15, 0.2) is 0 Å². The maximum atomic E-state index is 11.5. The first-order chi connectivity index (χ1) is 11.6. The topological polar surface area (TPSA) is 23.5 Å². The molecule has 1 fully saturated rings. The highest BCUT2D eigenvalue weighted by Crippen LogP contribution is 2.50. The first-order valence-electron chi connectivity index (χ1n) is 9.11. The van der Waals surface area contributed by atoms with E-state index in [1.807, 2.05) is 0 Å². The molecule has 2 aromatic rings. The van der Waals surface area contributed by atoms with Crippen molar-refractivity contribution in [3.05, 3.63) is 71.8 Å². The number of hydrogen-bond acceptors (Lipinski definition) is 2. The summed E-state index contributed by atoms with van der Waals surface area (Å²) in [5.41, 5.74) is 1.97. The van der Waals surface area contributed by atoms with E-state index in [2.05, 4.69) is 86.5 Å². The van der Waals surface area contributed by atoms with Gasteiger partial charge in [-0.2, -0.15) is 0 Å². The molecule has 0 aliphatic carbocycles. The van der Waals surface area contributed by atoms with Crippen LogP contribution in [0.15, 0.2) is 60.7 Å². The maximum Gasteiger partial charge on any atom is 0.0709 e. The van der Waals surface area contributed by atoms with E-state index < -0.39 is 5.60 Å². The first kappa shape index (κ1) is 17.2. The molecule has 3 rings (SSSR count). The van der Waals surface area contributed by atoms with Crippen molar-refractivity contribution < 1.29 is 5.11 Å². The number of benzene rings is 2. The normalized spacial score (nSPS) is 31.1. The molecule has 4 atom stereocenters. The Labute approximate surface area is 146 Å². The van der Waals surface area contributed by atoms with Gasteiger partial charge in [0.1, 0.15) is 0 Å². The summed E-state index contributed by atoms with van der Waals surface area (Å²) in [4.78, 5) is 2.46. The predicted octanol–water partition coefficient (Wildman–Crippen LogP) is 4.97. The van der Waals surface area contributed by atoms with Gasteiger partial charge in [-0.3, -0.25) is 4.90 Å². The van der Waals surface area contributed by atoms with Gasteiger partial charge in [0.05, 0.1) is 5.60 Å². The number of aliphatic hydroxyl groups is 1. The van der Waals surface area contributed by atoms with Crippen LogP contribution in [-0.4, -0.2) is 22.7 Å². The minimum atomic E-state index is -0.623. The number of rotatable bonds is 4. The Balaban J connectivity index is 2.03. The minimum absolute atomic E-state index is 0.199. The Morgan fingerprint density at radius 3 is 2.08 bits per heavy atom. The highest BCUT2D eigenvalue weighted by Gasteiger charge is 2.48. The lowest BCUT2D eigenvalue weighted by molar-refractivity contribution is -0.118. The standard InChI is InChI=1S/C22H29NO/c1-4-15-22(24)16-20(18-11-7-5-8-12-18)23(3)21(17(22)2)19-13-9-6-10-14-19/h5-14,17,20-21,24H,4,15-16H2,1-3H3/t17-,20-,21-,22-/m0/s1. The zero-order chi connectivity index (χ0) is 17.2. The average molecular weight is 323 g/mol. The smallest absolute Gasteiger partial charge is 0.0709 e. The predicted molar refractivity (Wildman–Crippen MR) is 99.8 cm³/mol. The van der Waals surface area contributed by atoms with Gasteiger partial charge in [-0.25, -0.2) is 0 Å². The van der Waals surface area contributed by atoms with Crippen LogP contribution in [0.2, 0.25) is 0 Å². The van der Waals surface area contributed by atoms with Crippen molar-refractivity contribution in [3.8, 4) is 0 Å². The summed E-state index contributed by atoms with van der Waals surface area (Å²) in [6, 6.07) is 21.7. The molecular weight excluding hydrogens is 294 g/mol. The largest absolute Gasteiger partial charge is 0.389 e. The molecule has 24 heavy (non-hydrogen) atoms. The molecule has 128 valence electrons. The molecule has 2 aromatic carbocycles. The molecule has 1 heterocycles. The van der Waals surface area contributed by atoms with Crippen LogP contribution >= 0.6 is 0 Å². The lowest BCUT2D eigenvalue weighted by Crippen LogP contribution is -2.52. The van der Waals surface area contributed by atoms with Crippen molar-refractivity contribution in [2.24, 2.45) is 5.92 Å². The third-order valence-electron chi connectivity index (χ3n) is 5.81. The summed E-state index contributed by atoms with van der Waals surface area (Å²) in [5.74, 6) is 0.199. The van der Waals surface area contributed by atoms with Gasteiger partial charge in [0.2, 0.25) is 0 Å². The number of piperidine rings is 1. The van der Waals surface area contributed by atoms with Crippen LogP contribution in [0.4, 0.5) is 0 Å². The monoisotopic (exact) mass is 323 g/mol. The molecule has 0 spiro atoms. The number of nitrogens with zero attached hydrogens (tertiary/aromatic N) is 1. The van der Waals surface area contributed by atoms with Gasteiger partial charge < -0.3 is 5.11 Å². The van der Waals surface area contributed by atoms with Gasteiger partial charge in [0, 0.05) is 18.0 Å². The second kappa shape index (κ2) is 7.08. The number of hydrogen-bond donors (Lipinski definition) is 1. The van der Waals surface area contributed by atoms with Gasteiger partial charge in [0.25, 0.3) is 0 Å². The molecule has 1 saturated heterocycles. The van der Waals surface area contributed by atoms with E-state index in [1.54, 1.807) is 0 Å². The van der Waals surface area contributed by atoms with E-state index in [9.17, 15) is 5.11 Å².